The number of rotatable bonds is 6. The lowest BCUT2D eigenvalue weighted by Gasteiger charge is -2.19. The Morgan fingerprint density at radius 1 is 1.58 bits per heavy atom. The number of nitrogens with zero attached hydrogens (tertiary/aromatic N) is 1. The van der Waals surface area contributed by atoms with Crippen LogP contribution in [0.4, 0.5) is 5.82 Å². The first kappa shape index (κ1) is 14.2. The van der Waals surface area contributed by atoms with Crippen molar-refractivity contribution in [3.05, 3.63) is 22.9 Å². The van der Waals surface area contributed by atoms with E-state index in [0.29, 0.717) is 11.6 Å². The first-order valence-electron chi connectivity index (χ1n) is 6.73. The van der Waals surface area contributed by atoms with E-state index < -0.39 is 0 Å². The number of hydrogen-bond acceptors (Lipinski definition) is 4. The van der Waals surface area contributed by atoms with Crippen LogP contribution in [-0.2, 0) is 17.6 Å². The highest BCUT2D eigenvalue weighted by atomic mass is 32.1. The molecule has 0 saturated heterocycles. The minimum absolute atomic E-state index is 0.227. The van der Waals surface area contributed by atoms with Crippen LogP contribution < -0.4 is 11.1 Å². The number of aryl methyl sites for hydroxylation is 2. The number of nitrogens with two attached hydrogens (primary N) is 1. The highest BCUT2D eigenvalue weighted by Crippen LogP contribution is 2.26. The number of ether oxygens (including phenoxy) is 1. The molecule has 1 atom stereocenters. The van der Waals surface area contributed by atoms with Gasteiger partial charge in [-0.05, 0) is 37.3 Å². The van der Waals surface area contributed by atoms with Gasteiger partial charge in [0.15, 0.2) is 0 Å². The van der Waals surface area contributed by atoms with Crippen molar-refractivity contribution < 1.29 is 4.74 Å². The van der Waals surface area contributed by atoms with Gasteiger partial charge in [0.25, 0.3) is 0 Å². The van der Waals surface area contributed by atoms with Crippen LogP contribution in [0.3, 0.4) is 0 Å². The molecule has 1 unspecified atom stereocenters. The van der Waals surface area contributed by atoms with Crippen LogP contribution in [0.2, 0.25) is 0 Å². The van der Waals surface area contributed by atoms with E-state index in [9.17, 15) is 0 Å². The molecule has 0 saturated carbocycles. The van der Waals surface area contributed by atoms with Crippen LogP contribution >= 0.6 is 12.2 Å². The Morgan fingerprint density at radius 2 is 2.37 bits per heavy atom. The quantitative estimate of drug-likeness (QED) is 0.780. The molecule has 1 aromatic rings. The third kappa shape index (κ3) is 3.22. The number of anilines is 1. The van der Waals surface area contributed by atoms with Crippen molar-refractivity contribution in [2.45, 2.75) is 38.6 Å². The van der Waals surface area contributed by atoms with Crippen LogP contribution in [0.5, 0.6) is 0 Å². The molecule has 0 radical (unpaired) electrons. The van der Waals surface area contributed by atoms with Crippen molar-refractivity contribution in [3.8, 4) is 0 Å². The fourth-order valence-electron chi connectivity index (χ4n) is 2.43. The molecule has 104 valence electrons. The highest BCUT2D eigenvalue weighted by Gasteiger charge is 2.19. The smallest absolute Gasteiger partial charge is 0.136 e. The summed E-state index contributed by atoms with van der Waals surface area (Å²) in [6.07, 6.45) is 4.25. The number of thiocarbonyl (C=S) groups is 1. The van der Waals surface area contributed by atoms with E-state index in [2.05, 4.69) is 18.3 Å². The van der Waals surface area contributed by atoms with Gasteiger partial charge in [-0.25, -0.2) is 4.98 Å². The van der Waals surface area contributed by atoms with E-state index >= 15 is 0 Å². The van der Waals surface area contributed by atoms with Gasteiger partial charge in [-0.2, -0.15) is 0 Å². The van der Waals surface area contributed by atoms with Crippen LogP contribution in [0.25, 0.3) is 0 Å². The molecule has 1 aliphatic rings. The lowest BCUT2D eigenvalue weighted by molar-refractivity contribution is 0.184. The minimum atomic E-state index is 0.227. The largest absolute Gasteiger partial charge is 0.389 e. The van der Waals surface area contributed by atoms with Gasteiger partial charge in [0.2, 0.25) is 0 Å². The molecule has 1 aliphatic carbocycles. The maximum absolute atomic E-state index is 5.82. The molecule has 0 fully saturated rings. The van der Waals surface area contributed by atoms with Gasteiger partial charge in [-0.1, -0.05) is 19.1 Å². The van der Waals surface area contributed by atoms with Crippen molar-refractivity contribution in [1.29, 1.82) is 0 Å². The van der Waals surface area contributed by atoms with E-state index in [1.54, 1.807) is 7.11 Å². The van der Waals surface area contributed by atoms with Gasteiger partial charge in [0.1, 0.15) is 10.8 Å². The summed E-state index contributed by atoms with van der Waals surface area (Å²) in [5.74, 6) is 0.803. The molecule has 1 heterocycles. The Kier molecular flexibility index (Phi) is 4.71. The summed E-state index contributed by atoms with van der Waals surface area (Å²) in [6.45, 7) is 2.76. The molecule has 0 aliphatic heterocycles. The molecule has 0 spiro atoms. The Hall–Kier alpha value is -1.20. The molecule has 0 bridgehead atoms. The second-order valence-electron chi connectivity index (χ2n) is 4.91. The Morgan fingerprint density at radius 3 is 3.00 bits per heavy atom. The fourth-order valence-corrected chi connectivity index (χ4v) is 2.58. The topological polar surface area (TPSA) is 60.2 Å². The second-order valence-corrected chi connectivity index (χ2v) is 5.35. The number of hydrogen-bond donors (Lipinski definition) is 2. The maximum Gasteiger partial charge on any atom is 0.136 e. The van der Waals surface area contributed by atoms with Crippen LogP contribution in [0.1, 0.15) is 36.6 Å². The Labute approximate surface area is 119 Å². The van der Waals surface area contributed by atoms with E-state index in [1.807, 2.05) is 0 Å². The van der Waals surface area contributed by atoms with E-state index in [4.69, 9.17) is 27.7 Å². The second kappa shape index (κ2) is 6.30. The normalized spacial score (nSPS) is 15.1. The summed E-state index contributed by atoms with van der Waals surface area (Å²) in [5, 5.41) is 3.41. The average molecular weight is 279 g/mol. The van der Waals surface area contributed by atoms with Crippen molar-refractivity contribution >= 4 is 23.0 Å². The van der Waals surface area contributed by atoms with Crippen LogP contribution in [0, 0.1) is 0 Å². The molecular weight excluding hydrogens is 258 g/mol. The van der Waals surface area contributed by atoms with Crippen molar-refractivity contribution in [2.24, 2.45) is 5.73 Å². The third-order valence-electron chi connectivity index (χ3n) is 3.52. The first-order chi connectivity index (χ1) is 9.15. The predicted octanol–water partition coefficient (Wildman–Crippen LogP) is 2.04. The summed E-state index contributed by atoms with van der Waals surface area (Å²) in [4.78, 5) is 5.11. The standard InChI is InChI=1S/C14H21N3OS/c1-3-10(8-18-2)16-14-11(13(15)19)7-9-5-4-6-12(9)17-14/h7,10H,3-6,8H2,1-2H3,(H2,15,19)(H,16,17). The SMILES string of the molecule is CCC(COC)Nc1nc2c(cc1C(N)=S)CCC2. The van der Waals surface area contributed by atoms with Crippen molar-refractivity contribution in [3.63, 3.8) is 0 Å². The lowest BCUT2D eigenvalue weighted by Crippen LogP contribution is -2.27. The summed E-state index contributed by atoms with van der Waals surface area (Å²) in [6, 6.07) is 2.32. The summed E-state index contributed by atoms with van der Waals surface area (Å²) in [7, 11) is 1.70. The van der Waals surface area contributed by atoms with Gasteiger partial charge < -0.3 is 15.8 Å². The zero-order valence-corrected chi connectivity index (χ0v) is 12.3. The van der Waals surface area contributed by atoms with Gasteiger partial charge in [-0.15, -0.1) is 0 Å². The Balaban J connectivity index is 2.29. The third-order valence-corrected chi connectivity index (χ3v) is 3.74. The number of pyridine rings is 1. The fraction of sp³-hybridized carbons (Fsp3) is 0.571. The first-order valence-corrected chi connectivity index (χ1v) is 7.14. The predicted molar refractivity (Wildman–Crippen MR) is 81.7 cm³/mol. The molecule has 0 aromatic carbocycles. The molecule has 2 rings (SSSR count). The van der Waals surface area contributed by atoms with Gasteiger partial charge in [-0.3, -0.25) is 0 Å². The zero-order valence-electron chi connectivity index (χ0n) is 11.5. The molecule has 4 nitrogen and oxygen atoms in total. The van der Waals surface area contributed by atoms with Gasteiger partial charge in [0.05, 0.1) is 18.2 Å². The zero-order chi connectivity index (χ0) is 13.8. The molecule has 3 N–H and O–H groups in total. The Bertz CT molecular complexity index is 476. The molecule has 19 heavy (non-hydrogen) atoms. The monoisotopic (exact) mass is 279 g/mol. The van der Waals surface area contributed by atoms with E-state index in [0.717, 1.165) is 37.1 Å². The van der Waals surface area contributed by atoms with E-state index in [1.165, 1.54) is 11.3 Å². The maximum atomic E-state index is 5.82. The number of nitrogens with one attached hydrogen (secondary N) is 1. The van der Waals surface area contributed by atoms with Gasteiger partial charge in [0, 0.05) is 12.8 Å². The molecular formula is C14H21N3OS. The number of fused-ring (bicyclic) bond motifs is 1. The van der Waals surface area contributed by atoms with Gasteiger partial charge >= 0.3 is 0 Å². The van der Waals surface area contributed by atoms with Crippen LogP contribution in [-0.4, -0.2) is 29.7 Å². The van der Waals surface area contributed by atoms with Crippen molar-refractivity contribution in [2.75, 3.05) is 19.0 Å². The van der Waals surface area contributed by atoms with E-state index in [-0.39, 0.29) is 6.04 Å². The summed E-state index contributed by atoms with van der Waals surface area (Å²) in [5.41, 5.74) is 9.13. The number of aromatic nitrogens is 1. The highest BCUT2D eigenvalue weighted by molar-refractivity contribution is 7.80. The summed E-state index contributed by atoms with van der Waals surface area (Å²) >= 11 is 5.14. The molecule has 0 amide bonds. The molecule has 1 aromatic heterocycles. The number of methoxy groups -OCH3 is 1. The van der Waals surface area contributed by atoms with Crippen LogP contribution in [0.15, 0.2) is 6.07 Å². The van der Waals surface area contributed by atoms with Crippen molar-refractivity contribution in [1.82, 2.24) is 4.98 Å². The lowest BCUT2D eigenvalue weighted by atomic mass is 10.1. The average Bonchev–Trinajstić information content (AvgIpc) is 2.84. The minimum Gasteiger partial charge on any atom is -0.389 e. The summed E-state index contributed by atoms with van der Waals surface area (Å²) < 4.78 is 5.21. The molecule has 5 heteroatoms.